The maximum absolute atomic E-state index is 15.4. The van der Waals surface area contributed by atoms with Crippen molar-refractivity contribution in [3.8, 4) is 0 Å². The van der Waals surface area contributed by atoms with Crippen LogP contribution in [0.5, 0.6) is 0 Å². The first-order chi connectivity index (χ1) is 33.0. The van der Waals surface area contributed by atoms with Crippen molar-refractivity contribution in [3.05, 3.63) is 12.7 Å². The van der Waals surface area contributed by atoms with Gasteiger partial charge in [0.2, 0.25) is 23.6 Å². The molecule has 2 heterocycles. The Bertz CT molecular complexity index is 2310. The minimum Gasteiger partial charge on any atom is -0.343 e. The summed E-state index contributed by atoms with van der Waals surface area (Å²) in [5.41, 5.74) is -4.62. The van der Waals surface area contributed by atoms with E-state index in [1.807, 2.05) is 13.8 Å². The zero-order valence-electron chi connectivity index (χ0n) is 49.3. The molecule has 6 aliphatic rings. The van der Waals surface area contributed by atoms with Crippen LogP contribution in [0.25, 0.3) is 0 Å². The normalized spacial score (nSPS) is 36.6. The molecular weight excluding hydrogens is 759 g/mol. The Labute approximate surface area is 368 Å². The molecule has 2 saturated heterocycles. The van der Waals surface area contributed by atoms with Gasteiger partial charge in [-0.25, -0.2) is 4.72 Å². The van der Waals surface area contributed by atoms with Crippen molar-refractivity contribution in [2.24, 2.45) is 33.5 Å². The molecule has 4 N–H and O–H groups in total. The summed E-state index contributed by atoms with van der Waals surface area (Å²) in [6.45, 7) is -9.56. The summed E-state index contributed by atoms with van der Waals surface area (Å²) in [5.74, 6) is -6.12. The molecule has 7 atom stereocenters. The fourth-order valence-corrected chi connectivity index (χ4v) is 11.9. The molecule has 4 saturated carbocycles. The molecule has 5 amide bonds. The van der Waals surface area contributed by atoms with E-state index in [0.29, 0.717) is 19.3 Å². The van der Waals surface area contributed by atoms with Crippen LogP contribution in [0.1, 0.15) is 153 Å². The number of likely N-dealkylation sites (N-methyl/N-ethyl adjacent to an activating group) is 1. The van der Waals surface area contributed by atoms with E-state index in [9.17, 15) is 27.6 Å². The molecular formula is C43H71N7O7S. The zero-order chi connectivity index (χ0) is 55.5. The summed E-state index contributed by atoms with van der Waals surface area (Å²) < 4.78 is 147. The van der Waals surface area contributed by atoms with Crippen molar-refractivity contribution in [1.82, 2.24) is 34.8 Å². The van der Waals surface area contributed by atoms with E-state index in [2.05, 4.69) is 22.5 Å². The number of nitrogens with zero attached hydrogens (tertiary/aromatic N) is 3. The molecule has 58 heavy (non-hydrogen) atoms. The van der Waals surface area contributed by atoms with Crippen LogP contribution in [0.15, 0.2) is 12.7 Å². The van der Waals surface area contributed by atoms with E-state index in [1.54, 1.807) is 20.8 Å². The molecule has 6 fully saturated rings. The molecule has 0 aromatic carbocycles. The van der Waals surface area contributed by atoms with Gasteiger partial charge in [-0.15, -0.1) is 6.58 Å². The highest BCUT2D eigenvalue weighted by Crippen LogP contribution is 2.88. The minimum atomic E-state index is -6.07. The highest BCUT2D eigenvalue weighted by molar-refractivity contribution is 7.87. The van der Waals surface area contributed by atoms with Crippen LogP contribution in [0.2, 0.25) is 0 Å². The summed E-state index contributed by atoms with van der Waals surface area (Å²) in [4.78, 5) is 75.9. The van der Waals surface area contributed by atoms with Gasteiger partial charge in [0.15, 0.2) is 0 Å². The second kappa shape index (κ2) is 16.1. The fraction of sp³-hybridized carbons (Fsp3) is 0.837. The standard InChI is InChI=1S/C43H71N7O7S/c1-10-29-25-43(29,38(55)47-58(56,57)49(12-3)13-4)46-35(52)31-26-42(40(8,9)41(42)22-18-23-41)27-50(31)37(54)33(39(5,6)7)45-36(53)32(28-19-15-14-16-20-28)44-34(51)30-21-17-24-48(30)11-2/h10,28-33H,1,11-27H2,2-9H3,(H,44,51)(H,45,53)(H,46,52)(H,47,55)/t29-,30+,31+,32+,33-,42-,43-/m1/s1/i2D3,3D3,4D3,11D2,12D2,13D2. The van der Waals surface area contributed by atoms with Crippen LogP contribution in [-0.4, -0.2) is 114 Å². The van der Waals surface area contributed by atoms with E-state index < -0.39 is 142 Å². The lowest BCUT2D eigenvalue weighted by atomic mass is 9.73. The number of fused-ring (bicyclic) bond motifs is 1. The van der Waals surface area contributed by atoms with E-state index in [4.69, 9.17) is 20.6 Å². The predicted octanol–water partition coefficient (Wildman–Crippen LogP) is 3.63. The first-order valence-corrected chi connectivity index (χ1v) is 21.9. The average molecular weight is 845 g/mol. The lowest BCUT2D eigenvalue weighted by Gasteiger charge is -2.38. The zero-order valence-corrected chi connectivity index (χ0v) is 35.1. The monoisotopic (exact) mass is 845 g/mol. The number of carbonyl (C=O) groups is 5. The van der Waals surface area contributed by atoms with Crippen LogP contribution in [-0.2, 0) is 34.2 Å². The van der Waals surface area contributed by atoms with Gasteiger partial charge in [0.05, 0.1) is 6.04 Å². The van der Waals surface area contributed by atoms with Crippen LogP contribution in [0.4, 0.5) is 0 Å². The minimum absolute atomic E-state index is 0.0110. The number of rotatable bonds is 15. The molecule has 0 unspecified atom stereocenters. The van der Waals surface area contributed by atoms with Crippen molar-refractivity contribution in [3.63, 3.8) is 0 Å². The molecule has 2 aliphatic heterocycles. The Balaban J connectivity index is 1.32. The molecule has 4 aliphatic carbocycles. The SMILES string of the molecule is [2H]C([2H])([2H])C([2H])([2H])N1CCC[C@H]1C(=O)N[C@H](C(=O)N[C@H](C(=O)N1C[C@]2(C[C@H]1C(=O)N[C@]1(C(=O)NS(=O)(=O)N(C([2H])([2H])C([2H])([2H])[2H])C([2H])([2H])C([2H])([2H])[2H])C[C@H]1C=C)C(C)(C)C21CCC1)C(C)(C)C)C1CCCCC1. The molecule has 326 valence electrons. The lowest BCUT2D eigenvalue weighted by Crippen LogP contribution is -2.63. The molecule has 6 rings (SSSR count). The predicted molar refractivity (Wildman–Crippen MR) is 222 cm³/mol. The quantitative estimate of drug-likeness (QED) is 0.181. The maximum atomic E-state index is 15.4. The number of likely N-dealkylation sites (tertiary alicyclic amines) is 2. The average Bonchev–Trinajstić information content (AvgIpc) is 3.72. The maximum Gasteiger partial charge on any atom is 0.303 e. The Morgan fingerprint density at radius 2 is 1.60 bits per heavy atom. The summed E-state index contributed by atoms with van der Waals surface area (Å²) >= 11 is 0. The van der Waals surface area contributed by atoms with Gasteiger partial charge >= 0.3 is 10.2 Å². The molecule has 2 spiro atoms. The van der Waals surface area contributed by atoms with Crippen molar-refractivity contribution in [1.29, 1.82) is 0 Å². The van der Waals surface area contributed by atoms with Gasteiger partial charge in [-0.05, 0) is 86.6 Å². The summed E-state index contributed by atoms with van der Waals surface area (Å²) in [7, 11) is -6.07. The van der Waals surface area contributed by atoms with Crippen LogP contribution >= 0.6 is 0 Å². The van der Waals surface area contributed by atoms with Gasteiger partial charge in [0, 0.05) is 51.4 Å². The first-order valence-electron chi connectivity index (χ1n) is 28.0. The third kappa shape index (κ3) is 7.40. The number of hydrogen-bond acceptors (Lipinski definition) is 8. The third-order valence-electron chi connectivity index (χ3n) is 14.9. The topological polar surface area (TPSA) is 177 Å². The Morgan fingerprint density at radius 1 is 0.914 bits per heavy atom. The third-order valence-corrected chi connectivity index (χ3v) is 16.0. The van der Waals surface area contributed by atoms with E-state index in [1.165, 1.54) is 15.7 Å². The molecule has 0 bridgehead atoms. The van der Waals surface area contributed by atoms with Crippen molar-refractivity contribution >= 4 is 39.7 Å². The van der Waals surface area contributed by atoms with Crippen LogP contribution in [0, 0.1) is 33.5 Å². The van der Waals surface area contributed by atoms with Gasteiger partial charge in [0.25, 0.3) is 5.91 Å². The smallest absolute Gasteiger partial charge is 0.303 e. The molecule has 0 aromatic rings. The van der Waals surface area contributed by atoms with Crippen molar-refractivity contribution in [2.45, 2.75) is 162 Å². The first kappa shape index (κ1) is 28.5. The molecule has 0 radical (unpaired) electrons. The Morgan fingerprint density at radius 3 is 2.16 bits per heavy atom. The summed E-state index contributed by atoms with van der Waals surface area (Å²) in [5, 5.41) is 8.31. The number of nitrogens with one attached hydrogen (secondary N) is 4. The largest absolute Gasteiger partial charge is 0.343 e. The Kier molecular flexibility index (Phi) is 7.90. The van der Waals surface area contributed by atoms with Crippen LogP contribution < -0.4 is 20.7 Å². The second-order valence-corrected chi connectivity index (χ2v) is 20.4. The molecule has 0 aromatic heterocycles. The highest BCUT2D eigenvalue weighted by Gasteiger charge is 2.85. The van der Waals surface area contributed by atoms with E-state index in [-0.39, 0.29) is 37.8 Å². The fourth-order valence-electron chi connectivity index (χ4n) is 11.1. The van der Waals surface area contributed by atoms with E-state index >= 15 is 4.79 Å². The van der Waals surface area contributed by atoms with Gasteiger partial charge in [-0.2, -0.15) is 12.7 Å². The van der Waals surface area contributed by atoms with Gasteiger partial charge in [0.1, 0.15) is 23.7 Å². The highest BCUT2D eigenvalue weighted by atomic mass is 32.2. The van der Waals surface area contributed by atoms with Crippen LogP contribution in [0.3, 0.4) is 0 Å². The number of amides is 5. The number of hydrogen-bond donors (Lipinski definition) is 4. The van der Waals surface area contributed by atoms with Crippen molar-refractivity contribution < 1.29 is 53.0 Å². The van der Waals surface area contributed by atoms with E-state index in [0.717, 1.165) is 43.4 Å². The summed E-state index contributed by atoms with van der Waals surface area (Å²) in [6, 6.07) is -5.15. The Hall–Kier alpha value is -3.04. The number of carbonyl (C=O) groups excluding carboxylic acids is 5. The van der Waals surface area contributed by atoms with Gasteiger partial charge in [-0.1, -0.05) is 86.9 Å². The lowest BCUT2D eigenvalue weighted by molar-refractivity contribution is -0.145. The molecule has 14 nitrogen and oxygen atoms in total. The van der Waals surface area contributed by atoms with Gasteiger partial charge < -0.3 is 20.9 Å². The summed E-state index contributed by atoms with van der Waals surface area (Å²) in [6.07, 6.45) is 7.30. The molecule has 15 heteroatoms. The van der Waals surface area contributed by atoms with Gasteiger partial charge in [-0.3, -0.25) is 28.9 Å². The second-order valence-electron chi connectivity index (χ2n) is 18.9. The van der Waals surface area contributed by atoms with Crippen molar-refractivity contribution in [2.75, 3.05) is 32.6 Å².